The fourth-order valence-corrected chi connectivity index (χ4v) is 2.54. The first-order chi connectivity index (χ1) is 10.2. The smallest absolute Gasteiger partial charge is 0.317 e. The van der Waals surface area contributed by atoms with E-state index in [1.807, 2.05) is 46.8 Å². The van der Waals surface area contributed by atoms with E-state index >= 15 is 0 Å². The molecule has 1 fully saturated rings. The van der Waals surface area contributed by atoms with E-state index in [1.165, 1.54) is 0 Å². The van der Waals surface area contributed by atoms with Gasteiger partial charge in [-0.1, -0.05) is 6.07 Å². The topological polar surface area (TPSA) is 58.9 Å². The Bertz CT molecular complexity index is 592. The number of fused-ring (bicyclic) bond motifs is 1. The number of imidazole rings is 1. The summed E-state index contributed by atoms with van der Waals surface area (Å²) in [5.74, 6) is 0. The van der Waals surface area contributed by atoms with Crippen molar-refractivity contribution in [3.63, 3.8) is 0 Å². The molecule has 0 bridgehead atoms. The van der Waals surface area contributed by atoms with E-state index in [9.17, 15) is 4.79 Å². The van der Waals surface area contributed by atoms with E-state index < -0.39 is 0 Å². The molecule has 6 heteroatoms. The lowest BCUT2D eigenvalue weighted by atomic mass is 10.3. The summed E-state index contributed by atoms with van der Waals surface area (Å²) in [4.78, 5) is 18.4. The van der Waals surface area contributed by atoms with Gasteiger partial charge in [-0.3, -0.25) is 0 Å². The van der Waals surface area contributed by atoms with Crippen LogP contribution in [0.25, 0.3) is 5.65 Å². The van der Waals surface area contributed by atoms with E-state index in [0.717, 1.165) is 17.8 Å². The zero-order valence-corrected chi connectivity index (χ0v) is 12.2. The fourth-order valence-electron chi connectivity index (χ4n) is 2.54. The number of amides is 2. The van der Waals surface area contributed by atoms with Crippen molar-refractivity contribution >= 4 is 11.7 Å². The second-order valence-corrected chi connectivity index (χ2v) is 5.30. The molecule has 2 aromatic heterocycles. The first-order valence-electron chi connectivity index (χ1n) is 7.29. The predicted molar refractivity (Wildman–Crippen MR) is 79.3 cm³/mol. The number of urea groups is 1. The third-order valence-electron chi connectivity index (χ3n) is 3.70. The van der Waals surface area contributed by atoms with Crippen molar-refractivity contribution in [2.24, 2.45) is 0 Å². The van der Waals surface area contributed by atoms with Crippen LogP contribution in [0.3, 0.4) is 0 Å². The maximum absolute atomic E-state index is 12.1. The van der Waals surface area contributed by atoms with Crippen LogP contribution in [0.5, 0.6) is 0 Å². The van der Waals surface area contributed by atoms with E-state index in [4.69, 9.17) is 4.74 Å². The first kappa shape index (κ1) is 13.9. The van der Waals surface area contributed by atoms with Crippen LogP contribution in [-0.2, 0) is 11.2 Å². The molecule has 6 nitrogen and oxygen atoms in total. The van der Waals surface area contributed by atoms with Gasteiger partial charge in [0.2, 0.25) is 0 Å². The molecule has 1 atom stereocenters. The van der Waals surface area contributed by atoms with Crippen molar-refractivity contribution in [2.45, 2.75) is 19.4 Å². The molecule has 0 saturated carbocycles. The molecule has 2 amide bonds. The number of ether oxygens (including phenoxy) is 1. The Balaban J connectivity index is 1.52. The highest BCUT2D eigenvalue weighted by molar-refractivity contribution is 5.74. The number of rotatable bonds is 3. The zero-order chi connectivity index (χ0) is 14.7. The molecule has 0 aliphatic carbocycles. The van der Waals surface area contributed by atoms with Crippen molar-refractivity contribution in [1.29, 1.82) is 0 Å². The highest BCUT2D eigenvalue weighted by Gasteiger charge is 2.23. The second kappa shape index (κ2) is 6.13. The summed E-state index contributed by atoms with van der Waals surface area (Å²) in [5.41, 5.74) is 1.91. The van der Waals surface area contributed by atoms with Crippen LogP contribution in [0.4, 0.5) is 4.79 Å². The number of morpholine rings is 1. The Kier molecular flexibility index (Phi) is 4.06. The van der Waals surface area contributed by atoms with Gasteiger partial charge >= 0.3 is 6.03 Å². The molecule has 3 heterocycles. The van der Waals surface area contributed by atoms with Gasteiger partial charge in [-0.2, -0.15) is 0 Å². The lowest BCUT2D eigenvalue weighted by Crippen LogP contribution is -2.51. The predicted octanol–water partition coefficient (Wildman–Crippen LogP) is 1.31. The molecule has 0 aromatic carbocycles. The summed E-state index contributed by atoms with van der Waals surface area (Å²) in [7, 11) is 0. The van der Waals surface area contributed by atoms with Crippen molar-refractivity contribution in [2.75, 3.05) is 26.3 Å². The number of hydrogen-bond acceptors (Lipinski definition) is 3. The van der Waals surface area contributed by atoms with Gasteiger partial charge in [0.25, 0.3) is 0 Å². The lowest BCUT2D eigenvalue weighted by Gasteiger charge is -2.33. The Morgan fingerprint density at radius 2 is 2.43 bits per heavy atom. The molecule has 1 N–H and O–H groups in total. The maximum atomic E-state index is 12.1. The van der Waals surface area contributed by atoms with Crippen LogP contribution in [-0.4, -0.2) is 52.7 Å². The van der Waals surface area contributed by atoms with E-state index in [0.29, 0.717) is 26.3 Å². The fraction of sp³-hybridized carbons (Fsp3) is 0.467. The summed E-state index contributed by atoms with van der Waals surface area (Å²) < 4.78 is 7.32. The van der Waals surface area contributed by atoms with Gasteiger partial charge in [0.05, 0.1) is 24.9 Å². The van der Waals surface area contributed by atoms with Gasteiger partial charge < -0.3 is 19.4 Å². The summed E-state index contributed by atoms with van der Waals surface area (Å²) in [6, 6.07) is 6.02. The van der Waals surface area contributed by atoms with Crippen LogP contribution in [0.15, 0.2) is 30.6 Å². The van der Waals surface area contributed by atoms with Gasteiger partial charge in [-0.15, -0.1) is 0 Å². The lowest BCUT2D eigenvalue weighted by molar-refractivity contribution is 0.0191. The first-order valence-corrected chi connectivity index (χ1v) is 7.29. The summed E-state index contributed by atoms with van der Waals surface area (Å²) in [5, 5.41) is 2.96. The van der Waals surface area contributed by atoms with Crippen molar-refractivity contribution in [3.05, 3.63) is 36.3 Å². The number of nitrogens with one attached hydrogen (secondary N) is 1. The van der Waals surface area contributed by atoms with E-state index in [-0.39, 0.29) is 12.1 Å². The van der Waals surface area contributed by atoms with Crippen LogP contribution >= 0.6 is 0 Å². The molecule has 1 aliphatic heterocycles. The largest absolute Gasteiger partial charge is 0.377 e. The summed E-state index contributed by atoms with van der Waals surface area (Å²) in [6.07, 6.45) is 4.70. The Labute approximate surface area is 123 Å². The molecular weight excluding hydrogens is 268 g/mol. The molecule has 0 spiro atoms. The maximum Gasteiger partial charge on any atom is 0.317 e. The summed E-state index contributed by atoms with van der Waals surface area (Å²) >= 11 is 0. The van der Waals surface area contributed by atoms with Gasteiger partial charge in [-0.25, -0.2) is 9.78 Å². The number of nitrogens with zero attached hydrogens (tertiary/aromatic N) is 3. The number of carbonyl (C=O) groups excluding carboxylic acids is 1. The molecule has 21 heavy (non-hydrogen) atoms. The standard InChI is InChI=1S/C15H20N4O2/c1-12-11-21-9-8-19(12)15(20)16-6-5-13-10-18-7-3-2-4-14(18)17-13/h2-4,7,10,12H,5-6,8-9,11H2,1H3,(H,16,20)/t12-/m0/s1. The van der Waals surface area contributed by atoms with Crippen LogP contribution in [0.2, 0.25) is 0 Å². The third kappa shape index (κ3) is 3.16. The molecule has 0 unspecified atom stereocenters. The minimum atomic E-state index is -0.0189. The number of pyridine rings is 1. The zero-order valence-electron chi connectivity index (χ0n) is 12.2. The highest BCUT2D eigenvalue weighted by Crippen LogP contribution is 2.07. The average molecular weight is 288 g/mol. The Morgan fingerprint density at radius 3 is 3.24 bits per heavy atom. The van der Waals surface area contributed by atoms with Gasteiger partial charge in [-0.05, 0) is 19.1 Å². The van der Waals surface area contributed by atoms with Crippen molar-refractivity contribution < 1.29 is 9.53 Å². The quantitative estimate of drug-likeness (QED) is 0.926. The second-order valence-electron chi connectivity index (χ2n) is 5.30. The number of hydrogen-bond donors (Lipinski definition) is 1. The average Bonchev–Trinajstić information content (AvgIpc) is 2.90. The SMILES string of the molecule is C[C@H]1COCCN1C(=O)NCCc1cn2ccccc2n1. The molecular formula is C15H20N4O2. The number of carbonyl (C=O) groups is 1. The normalized spacial score (nSPS) is 18.9. The van der Waals surface area contributed by atoms with Crippen LogP contribution < -0.4 is 5.32 Å². The van der Waals surface area contributed by atoms with E-state index in [1.54, 1.807) is 0 Å². The van der Waals surface area contributed by atoms with Gasteiger partial charge in [0, 0.05) is 31.9 Å². The molecule has 1 aliphatic rings. The Hall–Kier alpha value is -2.08. The minimum absolute atomic E-state index is 0.0189. The third-order valence-corrected chi connectivity index (χ3v) is 3.70. The monoisotopic (exact) mass is 288 g/mol. The highest BCUT2D eigenvalue weighted by atomic mass is 16.5. The van der Waals surface area contributed by atoms with Crippen LogP contribution in [0, 0.1) is 0 Å². The van der Waals surface area contributed by atoms with E-state index in [2.05, 4.69) is 10.3 Å². The van der Waals surface area contributed by atoms with Crippen LogP contribution in [0.1, 0.15) is 12.6 Å². The molecule has 0 radical (unpaired) electrons. The molecule has 1 saturated heterocycles. The molecule has 3 rings (SSSR count). The van der Waals surface area contributed by atoms with Crippen molar-refractivity contribution in [1.82, 2.24) is 19.6 Å². The van der Waals surface area contributed by atoms with Crippen molar-refractivity contribution in [3.8, 4) is 0 Å². The summed E-state index contributed by atoms with van der Waals surface area (Å²) in [6.45, 7) is 4.47. The minimum Gasteiger partial charge on any atom is -0.377 e. The Morgan fingerprint density at radius 1 is 1.52 bits per heavy atom. The van der Waals surface area contributed by atoms with Gasteiger partial charge in [0.1, 0.15) is 5.65 Å². The molecule has 112 valence electrons. The molecule has 2 aromatic rings. The number of aromatic nitrogens is 2. The van der Waals surface area contributed by atoms with Gasteiger partial charge in [0.15, 0.2) is 0 Å².